The molecule has 4 rings (SSSR count). The quantitative estimate of drug-likeness (QED) is 0.366. The third kappa shape index (κ3) is 3.36. The fraction of sp³-hybridized carbons (Fsp3) is 0. The maximum atomic E-state index is 12.1. The number of pyridine rings is 1. The van der Waals surface area contributed by atoms with Gasteiger partial charge < -0.3 is 4.98 Å². The van der Waals surface area contributed by atoms with Gasteiger partial charge in [-0.1, -0.05) is 36.4 Å². The number of imidazole rings is 1. The number of carbonyl (C=O) groups excluding carboxylic acids is 1. The van der Waals surface area contributed by atoms with Crippen molar-refractivity contribution in [2.45, 2.75) is 0 Å². The van der Waals surface area contributed by atoms with Gasteiger partial charge in [0.25, 0.3) is 11.5 Å². The Morgan fingerprint density at radius 2 is 1.86 bits per heavy atom. The van der Waals surface area contributed by atoms with E-state index < -0.39 is 17.2 Å². The zero-order valence-corrected chi connectivity index (χ0v) is 14.4. The molecular weight excluding hydrogens is 360 g/mol. The molecule has 28 heavy (non-hydrogen) atoms. The van der Waals surface area contributed by atoms with E-state index in [1.807, 2.05) is 64.1 Å². The Labute approximate surface area is 157 Å². The molecule has 3 heterocycles. The SMILES string of the molecule is O=C(NN=Cc1c(-c2ccccc2)nc2ccccn12)c1cc(=O)[nH]c(=O)[nH]1. The molecule has 3 N–H and O–H groups in total. The lowest BCUT2D eigenvalue weighted by atomic mass is 10.1. The first kappa shape index (κ1) is 17.2. The van der Waals surface area contributed by atoms with Crippen molar-refractivity contribution in [3.8, 4) is 11.3 Å². The van der Waals surface area contributed by atoms with Crippen LogP contribution in [0.5, 0.6) is 0 Å². The second kappa shape index (κ2) is 7.16. The van der Waals surface area contributed by atoms with E-state index in [4.69, 9.17) is 0 Å². The Bertz CT molecular complexity index is 1270. The Hall–Kier alpha value is -4.27. The molecule has 1 amide bonds. The Morgan fingerprint density at radius 1 is 1.07 bits per heavy atom. The third-order valence-electron chi connectivity index (χ3n) is 3.97. The van der Waals surface area contributed by atoms with Gasteiger partial charge in [0.2, 0.25) is 0 Å². The highest BCUT2D eigenvalue weighted by Gasteiger charge is 2.12. The van der Waals surface area contributed by atoms with Crippen LogP contribution in [0.4, 0.5) is 0 Å². The van der Waals surface area contributed by atoms with Gasteiger partial charge in [-0.3, -0.25) is 19.0 Å². The van der Waals surface area contributed by atoms with Crippen molar-refractivity contribution >= 4 is 17.8 Å². The van der Waals surface area contributed by atoms with Crippen molar-refractivity contribution in [2.75, 3.05) is 0 Å². The number of nitrogens with one attached hydrogen (secondary N) is 3. The summed E-state index contributed by atoms with van der Waals surface area (Å²) in [6.45, 7) is 0. The number of hydrazone groups is 1. The number of fused-ring (bicyclic) bond motifs is 1. The molecule has 1 aromatic carbocycles. The molecule has 138 valence electrons. The summed E-state index contributed by atoms with van der Waals surface area (Å²) in [6, 6.07) is 16.2. The van der Waals surface area contributed by atoms with Crippen LogP contribution in [-0.4, -0.2) is 31.5 Å². The van der Waals surface area contributed by atoms with Crippen LogP contribution < -0.4 is 16.7 Å². The first-order valence-electron chi connectivity index (χ1n) is 8.31. The number of hydrogen-bond donors (Lipinski definition) is 3. The number of hydrogen-bond acceptors (Lipinski definition) is 5. The highest BCUT2D eigenvalue weighted by atomic mass is 16.2. The fourth-order valence-corrected chi connectivity index (χ4v) is 2.75. The van der Waals surface area contributed by atoms with E-state index in [1.54, 1.807) is 0 Å². The number of amides is 1. The first-order chi connectivity index (χ1) is 13.6. The van der Waals surface area contributed by atoms with Gasteiger partial charge in [-0.05, 0) is 12.1 Å². The minimum atomic E-state index is -0.769. The average molecular weight is 374 g/mol. The van der Waals surface area contributed by atoms with Crippen molar-refractivity contribution in [1.82, 2.24) is 24.8 Å². The summed E-state index contributed by atoms with van der Waals surface area (Å²) in [4.78, 5) is 43.6. The van der Waals surface area contributed by atoms with E-state index in [-0.39, 0.29) is 5.69 Å². The number of aromatic nitrogens is 4. The second-order valence-corrected chi connectivity index (χ2v) is 5.84. The molecule has 0 saturated heterocycles. The lowest BCUT2D eigenvalue weighted by Gasteiger charge is -2.01. The third-order valence-corrected chi connectivity index (χ3v) is 3.97. The van der Waals surface area contributed by atoms with Gasteiger partial charge in [0.15, 0.2) is 0 Å². The van der Waals surface area contributed by atoms with Gasteiger partial charge >= 0.3 is 5.69 Å². The van der Waals surface area contributed by atoms with Crippen LogP contribution in [0.25, 0.3) is 16.9 Å². The summed E-state index contributed by atoms with van der Waals surface area (Å²) in [5, 5.41) is 3.97. The normalized spacial score (nSPS) is 11.1. The van der Waals surface area contributed by atoms with Crippen LogP contribution in [0.1, 0.15) is 16.2 Å². The molecule has 4 aromatic rings. The van der Waals surface area contributed by atoms with Crippen LogP contribution in [0.2, 0.25) is 0 Å². The summed E-state index contributed by atoms with van der Waals surface area (Å²) in [5.41, 5.74) is 3.67. The molecule has 3 aromatic heterocycles. The van der Waals surface area contributed by atoms with Crippen LogP contribution in [0.3, 0.4) is 0 Å². The van der Waals surface area contributed by atoms with Gasteiger partial charge in [-0.25, -0.2) is 15.2 Å². The minimum absolute atomic E-state index is 0.188. The van der Waals surface area contributed by atoms with Gasteiger partial charge in [0.1, 0.15) is 11.3 Å². The summed E-state index contributed by atoms with van der Waals surface area (Å²) < 4.78 is 1.84. The number of carbonyl (C=O) groups is 1. The molecule has 0 aliphatic rings. The van der Waals surface area contributed by atoms with Crippen LogP contribution in [0.15, 0.2) is 75.5 Å². The summed E-state index contributed by atoms with van der Waals surface area (Å²) in [5.74, 6) is -0.713. The predicted octanol–water partition coefficient (Wildman–Crippen LogP) is 1.14. The van der Waals surface area contributed by atoms with E-state index in [0.29, 0.717) is 11.4 Å². The molecule has 0 atom stereocenters. The number of benzene rings is 1. The zero-order valence-electron chi connectivity index (χ0n) is 14.4. The number of H-pyrrole nitrogens is 2. The molecule has 9 heteroatoms. The molecule has 0 radical (unpaired) electrons. The van der Waals surface area contributed by atoms with Crippen LogP contribution in [0, 0.1) is 0 Å². The number of nitrogens with zero attached hydrogens (tertiary/aromatic N) is 3. The van der Waals surface area contributed by atoms with E-state index in [9.17, 15) is 14.4 Å². The zero-order chi connectivity index (χ0) is 19.5. The number of rotatable bonds is 4. The molecular formula is C19H14N6O3. The van der Waals surface area contributed by atoms with Gasteiger partial charge in [0.05, 0.1) is 17.6 Å². The maximum absolute atomic E-state index is 12.1. The average Bonchev–Trinajstić information content (AvgIpc) is 3.06. The second-order valence-electron chi connectivity index (χ2n) is 5.84. The standard InChI is InChI=1S/C19H14N6O3/c26-16-10-13(21-19(28)23-16)18(27)24-20-11-14-17(12-6-2-1-3-7-12)22-15-8-4-5-9-25(14)15/h1-11H,(H,24,27)(H2,21,23,26,28). The van der Waals surface area contributed by atoms with Gasteiger partial charge in [0, 0.05) is 17.8 Å². The Kier molecular flexibility index (Phi) is 4.38. The highest BCUT2D eigenvalue weighted by Crippen LogP contribution is 2.22. The molecule has 0 spiro atoms. The highest BCUT2D eigenvalue weighted by molar-refractivity contribution is 5.94. The largest absolute Gasteiger partial charge is 0.326 e. The van der Waals surface area contributed by atoms with Crippen molar-refractivity contribution < 1.29 is 4.79 Å². The molecule has 0 aliphatic heterocycles. The summed E-state index contributed by atoms with van der Waals surface area (Å²) >= 11 is 0. The Morgan fingerprint density at radius 3 is 2.64 bits per heavy atom. The topological polar surface area (TPSA) is 124 Å². The molecule has 0 bridgehead atoms. The van der Waals surface area contributed by atoms with Crippen LogP contribution >= 0.6 is 0 Å². The molecule has 9 nitrogen and oxygen atoms in total. The van der Waals surface area contributed by atoms with Gasteiger partial charge in [-0.2, -0.15) is 5.10 Å². The molecule has 0 unspecified atom stereocenters. The monoisotopic (exact) mass is 374 g/mol. The first-order valence-corrected chi connectivity index (χ1v) is 8.31. The van der Waals surface area contributed by atoms with E-state index in [2.05, 4.69) is 20.5 Å². The predicted molar refractivity (Wildman–Crippen MR) is 103 cm³/mol. The molecule has 0 aliphatic carbocycles. The van der Waals surface area contributed by atoms with E-state index in [1.165, 1.54) is 6.21 Å². The number of aromatic amines is 2. The van der Waals surface area contributed by atoms with E-state index >= 15 is 0 Å². The summed E-state index contributed by atoms with van der Waals surface area (Å²) in [7, 11) is 0. The van der Waals surface area contributed by atoms with Crippen molar-refractivity contribution in [2.24, 2.45) is 5.10 Å². The minimum Gasteiger partial charge on any atom is -0.303 e. The van der Waals surface area contributed by atoms with E-state index in [0.717, 1.165) is 17.3 Å². The lowest BCUT2D eigenvalue weighted by molar-refractivity contribution is 0.0949. The fourth-order valence-electron chi connectivity index (χ4n) is 2.75. The lowest BCUT2D eigenvalue weighted by Crippen LogP contribution is -2.28. The van der Waals surface area contributed by atoms with Crippen molar-refractivity contribution in [3.63, 3.8) is 0 Å². The summed E-state index contributed by atoms with van der Waals surface area (Å²) in [6.07, 6.45) is 3.30. The Balaban J connectivity index is 1.68. The smallest absolute Gasteiger partial charge is 0.303 e. The van der Waals surface area contributed by atoms with Gasteiger partial charge in [-0.15, -0.1) is 0 Å². The van der Waals surface area contributed by atoms with Crippen molar-refractivity contribution in [1.29, 1.82) is 0 Å². The van der Waals surface area contributed by atoms with Crippen LogP contribution in [-0.2, 0) is 0 Å². The maximum Gasteiger partial charge on any atom is 0.326 e. The molecule has 0 saturated carbocycles. The molecule has 0 fully saturated rings. The van der Waals surface area contributed by atoms with Crippen molar-refractivity contribution in [3.05, 3.63) is 93.0 Å².